The Bertz CT molecular complexity index is 635. The first-order valence-electron chi connectivity index (χ1n) is 6.55. The van der Waals surface area contributed by atoms with Crippen LogP contribution in [0, 0.1) is 0 Å². The minimum absolute atomic E-state index is 0.160. The first kappa shape index (κ1) is 15.1. The van der Waals surface area contributed by atoms with E-state index in [0.29, 0.717) is 24.7 Å². The molecule has 6 nitrogen and oxygen atoms in total. The number of aromatic amines is 1. The molecule has 2 aromatic heterocycles. The number of hydrogen-bond acceptors (Lipinski definition) is 5. The summed E-state index contributed by atoms with van der Waals surface area (Å²) in [6.07, 6.45) is 3.32. The topological polar surface area (TPSA) is 67.5 Å². The maximum Gasteiger partial charge on any atom is 0.223 e. The molecule has 0 bridgehead atoms. The summed E-state index contributed by atoms with van der Waals surface area (Å²) >= 11 is 0. The molecule has 2 rings (SSSR count). The Morgan fingerprint density at radius 1 is 1.29 bits per heavy atom. The van der Waals surface area contributed by atoms with Crippen LogP contribution in [-0.4, -0.2) is 31.2 Å². The average Bonchev–Trinajstić information content (AvgIpc) is 2.48. The Labute approximate surface area is 123 Å². The van der Waals surface area contributed by atoms with Gasteiger partial charge in [0, 0.05) is 38.2 Å². The molecule has 0 atom stereocenters. The van der Waals surface area contributed by atoms with E-state index >= 15 is 0 Å². The number of anilines is 1. The van der Waals surface area contributed by atoms with E-state index in [2.05, 4.69) is 9.97 Å². The van der Waals surface area contributed by atoms with E-state index in [1.54, 1.807) is 6.20 Å². The molecule has 0 aromatic carbocycles. The van der Waals surface area contributed by atoms with Crippen molar-refractivity contribution in [1.82, 2.24) is 9.97 Å². The molecule has 0 spiro atoms. The summed E-state index contributed by atoms with van der Waals surface area (Å²) in [5, 5.41) is 0. The van der Waals surface area contributed by atoms with Crippen LogP contribution in [0.4, 0.5) is 5.82 Å². The van der Waals surface area contributed by atoms with Crippen LogP contribution >= 0.6 is 0 Å². The van der Waals surface area contributed by atoms with Gasteiger partial charge in [0.05, 0.1) is 20.3 Å². The fourth-order valence-corrected chi connectivity index (χ4v) is 1.79. The van der Waals surface area contributed by atoms with Crippen LogP contribution < -0.4 is 15.1 Å². The molecule has 0 aliphatic carbocycles. The number of aromatic nitrogens is 2. The van der Waals surface area contributed by atoms with Crippen molar-refractivity contribution in [2.75, 3.05) is 26.1 Å². The lowest BCUT2D eigenvalue weighted by Gasteiger charge is -2.11. The number of hydrogen-bond donors (Lipinski definition) is 1. The molecule has 0 saturated heterocycles. The summed E-state index contributed by atoms with van der Waals surface area (Å²) in [7, 11) is 5.35. The van der Waals surface area contributed by atoms with E-state index in [4.69, 9.17) is 9.47 Å². The van der Waals surface area contributed by atoms with Crippen molar-refractivity contribution in [3.05, 3.63) is 52.1 Å². The van der Waals surface area contributed by atoms with Gasteiger partial charge in [-0.2, -0.15) is 0 Å². The maximum absolute atomic E-state index is 11.6. The Morgan fingerprint density at radius 3 is 2.67 bits per heavy atom. The van der Waals surface area contributed by atoms with Crippen molar-refractivity contribution in [2.24, 2.45) is 0 Å². The normalized spacial score (nSPS) is 10.4. The molecule has 0 radical (unpaired) electrons. The highest BCUT2D eigenvalue weighted by Gasteiger charge is 2.02. The number of H-pyrrole nitrogens is 1. The van der Waals surface area contributed by atoms with Crippen LogP contribution in [0.5, 0.6) is 5.75 Å². The van der Waals surface area contributed by atoms with Gasteiger partial charge >= 0.3 is 0 Å². The molecule has 0 unspecified atom stereocenters. The smallest absolute Gasteiger partial charge is 0.223 e. The molecule has 0 amide bonds. The molecule has 6 heteroatoms. The summed E-state index contributed by atoms with van der Waals surface area (Å²) in [6.45, 7) is 0.767. The van der Waals surface area contributed by atoms with E-state index in [9.17, 15) is 4.79 Å². The second-order valence-corrected chi connectivity index (χ2v) is 4.80. The van der Waals surface area contributed by atoms with Gasteiger partial charge in [0.2, 0.25) is 5.43 Å². The van der Waals surface area contributed by atoms with Gasteiger partial charge in [0.1, 0.15) is 5.82 Å². The standard InChI is InChI=1S/C15H19N3O3/c1-18(2)15-5-4-11(7-17-15)9-21-10-12-6-13(19)14(20-3)8-16-12/h4-8H,9-10H2,1-3H3,(H,16,19). The quantitative estimate of drug-likeness (QED) is 0.874. The Hall–Kier alpha value is -2.34. The van der Waals surface area contributed by atoms with Crippen molar-refractivity contribution in [3.8, 4) is 5.75 Å². The molecular formula is C15H19N3O3. The number of pyridine rings is 2. The average molecular weight is 289 g/mol. The third-order valence-corrected chi connectivity index (χ3v) is 2.95. The van der Waals surface area contributed by atoms with Gasteiger partial charge in [0.15, 0.2) is 5.75 Å². The predicted molar refractivity (Wildman–Crippen MR) is 80.7 cm³/mol. The number of methoxy groups -OCH3 is 1. The first-order chi connectivity index (χ1) is 10.1. The fourth-order valence-electron chi connectivity index (χ4n) is 1.79. The molecular weight excluding hydrogens is 270 g/mol. The van der Waals surface area contributed by atoms with Gasteiger partial charge in [-0.15, -0.1) is 0 Å². The van der Waals surface area contributed by atoms with Crippen LogP contribution in [0.1, 0.15) is 11.3 Å². The molecule has 0 saturated carbocycles. The highest BCUT2D eigenvalue weighted by molar-refractivity contribution is 5.36. The van der Waals surface area contributed by atoms with E-state index < -0.39 is 0 Å². The fraction of sp³-hybridized carbons (Fsp3) is 0.333. The summed E-state index contributed by atoms with van der Waals surface area (Å²) in [6, 6.07) is 5.39. The monoisotopic (exact) mass is 289 g/mol. The van der Waals surface area contributed by atoms with Crippen LogP contribution in [0.15, 0.2) is 35.4 Å². The predicted octanol–water partition coefficient (Wildman–Crippen LogP) is 1.56. The zero-order chi connectivity index (χ0) is 15.2. The van der Waals surface area contributed by atoms with Crippen LogP contribution in [0.25, 0.3) is 0 Å². The highest BCUT2D eigenvalue weighted by atomic mass is 16.5. The number of nitrogens with zero attached hydrogens (tertiary/aromatic N) is 2. The van der Waals surface area contributed by atoms with Gasteiger partial charge in [-0.05, 0) is 11.6 Å². The summed E-state index contributed by atoms with van der Waals surface area (Å²) in [4.78, 5) is 20.8. The third kappa shape index (κ3) is 4.06. The lowest BCUT2D eigenvalue weighted by atomic mass is 10.3. The van der Waals surface area contributed by atoms with E-state index in [0.717, 1.165) is 11.4 Å². The van der Waals surface area contributed by atoms with Gasteiger partial charge in [0.25, 0.3) is 0 Å². The molecule has 1 N–H and O–H groups in total. The van der Waals surface area contributed by atoms with E-state index in [1.165, 1.54) is 19.4 Å². The second-order valence-electron chi connectivity index (χ2n) is 4.80. The summed E-state index contributed by atoms with van der Waals surface area (Å²) in [5.74, 6) is 1.19. The molecule has 0 aliphatic heterocycles. The van der Waals surface area contributed by atoms with Crippen LogP contribution in [0.3, 0.4) is 0 Å². The lowest BCUT2D eigenvalue weighted by molar-refractivity contribution is 0.104. The van der Waals surface area contributed by atoms with Crippen molar-refractivity contribution in [3.63, 3.8) is 0 Å². The van der Waals surface area contributed by atoms with Crippen LogP contribution in [0.2, 0.25) is 0 Å². The van der Waals surface area contributed by atoms with Crippen molar-refractivity contribution in [2.45, 2.75) is 13.2 Å². The van der Waals surface area contributed by atoms with Gasteiger partial charge in [-0.1, -0.05) is 6.07 Å². The van der Waals surface area contributed by atoms with Crippen LogP contribution in [-0.2, 0) is 18.0 Å². The van der Waals surface area contributed by atoms with E-state index in [-0.39, 0.29) is 5.43 Å². The molecule has 21 heavy (non-hydrogen) atoms. The highest BCUT2D eigenvalue weighted by Crippen LogP contribution is 2.09. The van der Waals surface area contributed by atoms with Gasteiger partial charge in [-0.3, -0.25) is 4.79 Å². The molecule has 2 aromatic rings. The maximum atomic E-state index is 11.6. The minimum atomic E-state index is -0.160. The Kier molecular flexibility index (Phi) is 4.94. The summed E-state index contributed by atoms with van der Waals surface area (Å²) in [5.41, 5.74) is 1.53. The summed E-state index contributed by atoms with van der Waals surface area (Å²) < 4.78 is 10.5. The zero-order valence-corrected chi connectivity index (χ0v) is 12.4. The molecule has 0 fully saturated rings. The van der Waals surface area contributed by atoms with Crippen molar-refractivity contribution in [1.29, 1.82) is 0 Å². The van der Waals surface area contributed by atoms with E-state index in [1.807, 2.05) is 31.1 Å². The van der Waals surface area contributed by atoms with Crippen molar-refractivity contribution >= 4 is 5.82 Å². The van der Waals surface area contributed by atoms with Gasteiger partial charge in [-0.25, -0.2) is 4.98 Å². The Balaban J connectivity index is 1.89. The minimum Gasteiger partial charge on any atom is -0.491 e. The molecule has 112 valence electrons. The lowest BCUT2D eigenvalue weighted by Crippen LogP contribution is -2.10. The van der Waals surface area contributed by atoms with Crippen molar-refractivity contribution < 1.29 is 9.47 Å². The number of rotatable bonds is 6. The molecule has 0 aliphatic rings. The second kappa shape index (κ2) is 6.90. The van der Waals surface area contributed by atoms with Gasteiger partial charge < -0.3 is 19.4 Å². The SMILES string of the molecule is COc1c[nH]c(COCc2ccc(N(C)C)nc2)cc1=O. The number of ether oxygens (including phenoxy) is 2. The first-order valence-corrected chi connectivity index (χ1v) is 6.55. The third-order valence-electron chi connectivity index (χ3n) is 2.95. The zero-order valence-electron chi connectivity index (χ0n) is 12.4. The Morgan fingerprint density at radius 2 is 2.10 bits per heavy atom. The molecule has 2 heterocycles. The largest absolute Gasteiger partial charge is 0.491 e. The number of nitrogens with one attached hydrogen (secondary N) is 1.